The van der Waals surface area contributed by atoms with Gasteiger partial charge >= 0.3 is 7.52 Å². The second-order valence-electron chi connectivity index (χ2n) is 6.05. The summed E-state index contributed by atoms with van der Waals surface area (Å²) in [4.78, 5) is 0. The van der Waals surface area contributed by atoms with Crippen molar-refractivity contribution in [3.05, 3.63) is 30.3 Å². The molecule has 1 saturated heterocycles. The van der Waals surface area contributed by atoms with Crippen molar-refractivity contribution >= 4 is 12.8 Å². The second kappa shape index (κ2) is 4.80. The van der Waals surface area contributed by atoms with Crippen LogP contribution in [-0.4, -0.2) is 24.9 Å². The van der Waals surface area contributed by atoms with E-state index in [1.807, 2.05) is 42.0 Å². The van der Waals surface area contributed by atoms with Crippen LogP contribution < -0.4 is 5.30 Å². The maximum atomic E-state index is 12.9. The maximum absolute atomic E-state index is 12.9. The van der Waals surface area contributed by atoms with Crippen LogP contribution in [0.4, 0.5) is 0 Å². The first-order valence-corrected chi connectivity index (χ1v) is 7.93. The van der Waals surface area contributed by atoms with Crippen molar-refractivity contribution in [1.82, 2.24) is 4.67 Å². The van der Waals surface area contributed by atoms with E-state index in [1.54, 1.807) is 0 Å². The highest BCUT2D eigenvalue weighted by atomic mass is 31.2. The van der Waals surface area contributed by atoms with Crippen molar-refractivity contribution in [3.8, 4) is 0 Å². The third kappa shape index (κ3) is 2.54. The maximum Gasteiger partial charge on any atom is 0.302 e. The van der Waals surface area contributed by atoms with Gasteiger partial charge in [0.1, 0.15) is 0 Å². The zero-order valence-electron chi connectivity index (χ0n) is 11.6. The number of hydrogen-bond acceptors (Lipinski definition) is 2. The van der Waals surface area contributed by atoms with E-state index < -0.39 is 7.52 Å². The topological polar surface area (TPSA) is 29.5 Å². The fourth-order valence-electron chi connectivity index (χ4n) is 2.18. The molecule has 0 saturated carbocycles. The van der Waals surface area contributed by atoms with E-state index >= 15 is 0 Å². The summed E-state index contributed by atoms with van der Waals surface area (Å²) in [7, 11) is -0.936. The minimum atomic E-state index is -2.83. The summed E-state index contributed by atoms with van der Waals surface area (Å²) in [6.07, 6.45) is 0. The van der Waals surface area contributed by atoms with E-state index in [4.69, 9.17) is 4.52 Å². The Labute approximate surface area is 110 Å². The Balaban J connectivity index is 2.22. The lowest BCUT2D eigenvalue weighted by atomic mass is 9.81. The molecule has 18 heavy (non-hydrogen) atoms. The Bertz CT molecular complexity index is 453. The summed E-state index contributed by atoms with van der Waals surface area (Å²) < 4.78 is 20.6. The monoisotopic (exact) mass is 267 g/mol. The van der Waals surface area contributed by atoms with E-state index in [-0.39, 0.29) is 5.41 Å². The normalized spacial score (nSPS) is 30.3. The molecule has 1 aromatic carbocycles. The van der Waals surface area contributed by atoms with Crippen molar-refractivity contribution in [2.24, 2.45) is 11.3 Å². The van der Waals surface area contributed by atoms with E-state index in [2.05, 4.69) is 20.8 Å². The molecular weight excluding hydrogens is 245 g/mol. The molecular formula is C14H22NO2P. The predicted octanol–water partition coefficient (Wildman–Crippen LogP) is 3.13. The fraction of sp³-hybridized carbons (Fsp3) is 0.571. The standard InChI is InChI=1S/C14H22NO2P/c1-14(2,3)12-10-15(4)18(16,17-11-12)13-8-6-5-7-9-13/h5-9,12H,10-11H2,1-4H3/t12-,18+/m1/s1. The molecule has 1 aliphatic heterocycles. The van der Waals surface area contributed by atoms with E-state index in [1.165, 1.54) is 0 Å². The van der Waals surface area contributed by atoms with Crippen LogP contribution in [0.2, 0.25) is 0 Å². The molecule has 0 aromatic heterocycles. The molecule has 2 rings (SSSR count). The van der Waals surface area contributed by atoms with Crippen LogP contribution in [-0.2, 0) is 9.09 Å². The van der Waals surface area contributed by atoms with Crippen LogP contribution in [0.15, 0.2) is 30.3 Å². The molecule has 3 nitrogen and oxygen atoms in total. The largest absolute Gasteiger partial charge is 0.314 e. The first kappa shape index (κ1) is 13.8. The first-order valence-electron chi connectivity index (χ1n) is 6.36. The Morgan fingerprint density at radius 2 is 1.89 bits per heavy atom. The zero-order valence-corrected chi connectivity index (χ0v) is 12.5. The fourth-order valence-corrected chi connectivity index (χ4v) is 4.26. The van der Waals surface area contributed by atoms with Gasteiger partial charge < -0.3 is 4.52 Å². The highest BCUT2D eigenvalue weighted by Crippen LogP contribution is 2.53. The third-order valence-corrected chi connectivity index (χ3v) is 6.20. The molecule has 2 atom stereocenters. The van der Waals surface area contributed by atoms with Gasteiger partial charge in [-0.05, 0) is 24.6 Å². The molecule has 0 radical (unpaired) electrons. The molecule has 1 aliphatic rings. The van der Waals surface area contributed by atoms with Crippen LogP contribution in [0.1, 0.15) is 20.8 Å². The van der Waals surface area contributed by atoms with Gasteiger partial charge in [-0.3, -0.25) is 4.57 Å². The van der Waals surface area contributed by atoms with Crippen molar-refractivity contribution in [2.75, 3.05) is 20.2 Å². The van der Waals surface area contributed by atoms with Crippen LogP contribution in [0.5, 0.6) is 0 Å². The second-order valence-corrected chi connectivity index (χ2v) is 8.55. The Hall–Kier alpha value is -0.630. The van der Waals surface area contributed by atoms with Crippen molar-refractivity contribution in [2.45, 2.75) is 20.8 Å². The molecule has 1 heterocycles. The van der Waals surface area contributed by atoms with Gasteiger partial charge in [-0.25, -0.2) is 4.67 Å². The van der Waals surface area contributed by atoms with Gasteiger partial charge in [-0.1, -0.05) is 39.0 Å². The number of rotatable bonds is 1. The molecule has 4 heteroatoms. The average molecular weight is 267 g/mol. The number of nitrogens with zero attached hydrogens (tertiary/aromatic N) is 1. The Kier molecular flexibility index (Phi) is 3.68. The Morgan fingerprint density at radius 3 is 2.39 bits per heavy atom. The van der Waals surface area contributed by atoms with Crippen molar-refractivity contribution in [3.63, 3.8) is 0 Å². The van der Waals surface area contributed by atoms with Gasteiger partial charge in [-0.2, -0.15) is 0 Å². The van der Waals surface area contributed by atoms with Gasteiger partial charge in [0.2, 0.25) is 0 Å². The number of benzene rings is 1. The first-order chi connectivity index (χ1) is 8.34. The minimum absolute atomic E-state index is 0.177. The Morgan fingerprint density at radius 1 is 1.28 bits per heavy atom. The lowest BCUT2D eigenvalue weighted by Crippen LogP contribution is -2.41. The quantitative estimate of drug-likeness (QED) is 0.732. The minimum Gasteiger partial charge on any atom is -0.314 e. The summed E-state index contributed by atoms with van der Waals surface area (Å²) in [5, 5.41) is 0.792. The predicted molar refractivity (Wildman–Crippen MR) is 75.2 cm³/mol. The molecule has 1 aromatic rings. The molecule has 1 fully saturated rings. The van der Waals surface area contributed by atoms with Crippen molar-refractivity contribution in [1.29, 1.82) is 0 Å². The van der Waals surface area contributed by atoms with Gasteiger partial charge in [0.05, 0.1) is 11.9 Å². The molecule has 0 bridgehead atoms. The van der Waals surface area contributed by atoms with Crippen molar-refractivity contribution < 1.29 is 9.09 Å². The summed E-state index contributed by atoms with van der Waals surface area (Å²) >= 11 is 0. The average Bonchev–Trinajstić information content (AvgIpc) is 2.32. The van der Waals surface area contributed by atoms with Gasteiger partial charge in [-0.15, -0.1) is 0 Å². The summed E-state index contributed by atoms with van der Waals surface area (Å²) in [6, 6.07) is 9.50. The molecule has 0 N–H and O–H groups in total. The van der Waals surface area contributed by atoms with Gasteiger partial charge in [0.15, 0.2) is 0 Å². The van der Waals surface area contributed by atoms with Crippen LogP contribution >= 0.6 is 7.52 Å². The van der Waals surface area contributed by atoms with Gasteiger partial charge in [0, 0.05) is 12.5 Å². The molecule has 0 aliphatic carbocycles. The van der Waals surface area contributed by atoms with Crippen LogP contribution in [0.3, 0.4) is 0 Å². The SMILES string of the molecule is CN1C[C@@H](C(C)(C)C)CO[P@@]1(=O)c1ccccc1. The van der Waals surface area contributed by atoms with Gasteiger partial charge in [0.25, 0.3) is 0 Å². The highest BCUT2D eigenvalue weighted by molar-refractivity contribution is 7.64. The molecule has 100 valence electrons. The summed E-state index contributed by atoms with van der Waals surface area (Å²) in [5.41, 5.74) is 0.177. The van der Waals surface area contributed by atoms with E-state index in [0.717, 1.165) is 11.8 Å². The van der Waals surface area contributed by atoms with Crippen LogP contribution in [0, 0.1) is 11.3 Å². The third-order valence-electron chi connectivity index (χ3n) is 3.69. The molecule has 0 spiro atoms. The highest BCUT2D eigenvalue weighted by Gasteiger charge is 2.41. The van der Waals surface area contributed by atoms with Crippen LogP contribution in [0.25, 0.3) is 0 Å². The summed E-state index contributed by atoms with van der Waals surface area (Å²) in [6.45, 7) is 7.99. The number of hydrogen-bond donors (Lipinski definition) is 0. The van der Waals surface area contributed by atoms with E-state index in [0.29, 0.717) is 12.5 Å². The summed E-state index contributed by atoms with van der Waals surface area (Å²) in [5.74, 6) is 0.410. The van der Waals surface area contributed by atoms with E-state index in [9.17, 15) is 4.57 Å². The molecule has 0 unspecified atom stereocenters. The molecule has 0 amide bonds. The smallest absolute Gasteiger partial charge is 0.302 e. The lowest BCUT2D eigenvalue weighted by Gasteiger charge is -2.42. The zero-order chi connectivity index (χ0) is 13.4. The lowest BCUT2D eigenvalue weighted by molar-refractivity contribution is 0.0918.